The molecule has 0 radical (unpaired) electrons. The number of rotatable bonds is 7. The van der Waals surface area contributed by atoms with Gasteiger partial charge in [-0.05, 0) is 27.2 Å². The van der Waals surface area contributed by atoms with E-state index in [1.165, 1.54) is 0 Å². The number of halogens is 1. The van der Waals surface area contributed by atoms with Crippen LogP contribution in [-0.2, 0) is 9.53 Å². The Labute approximate surface area is 91.2 Å². The van der Waals surface area contributed by atoms with Gasteiger partial charge in [0.05, 0.1) is 5.41 Å². The van der Waals surface area contributed by atoms with Crippen molar-refractivity contribution in [1.29, 1.82) is 0 Å². The molecule has 0 heterocycles. The predicted octanol–water partition coefficient (Wildman–Crippen LogP) is 1.79. The Morgan fingerprint density at radius 2 is 2.14 bits per heavy atom. The first kappa shape index (κ1) is 13.7. The van der Waals surface area contributed by atoms with Gasteiger partial charge in [0.2, 0.25) is 5.91 Å². The molecule has 0 atom stereocenters. The summed E-state index contributed by atoms with van der Waals surface area (Å²) < 4.78 is 5.15. The Balaban J connectivity index is 3.54. The van der Waals surface area contributed by atoms with E-state index >= 15 is 0 Å². The molecule has 0 saturated heterocycles. The second-order valence-corrected chi connectivity index (χ2v) is 4.09. The van der Waals surface area contributed by atoms with Gasteiger partial charge in [0.15, 0.2) is 0 Å². The number of amides is 1. The molecule has 0 rings (SSSR count). The number of nitrogens with one attached hydrogen (secondary N) is 1. The Kier molecular flexibility index (Phi) is 6.93. The fourth-order valence-corrected chi connectivity index (χ4v) is 0.942. The summed E-state index contributed by atoms with van der Waals surface area (Å²) in [6.07, 6.45) is 0.845. The topological polar surface area (TPSA) is 38.3 Å². The smallest absolute Gasteiger partial charge is 0.226 e. The van der Waals surface area contributed by atoms with Crippen molar-refractivity contribution in [1.82, 2.24) is 5.32 Å². The summed E-state index contributed by atoms with van der Waals surface area (Å²) in [6.45, 7) is 7.68. The number of hydrogen-bond donors (Lipinski definition) is 1. The minimum Gasteiger partial charge on any atom is -0.382 e. The van der Waals surface area contributed by atoms with Crippen LogP contribution in [0.4, 0.5) is 0 Å². The summed E-state index contributed by atoms with van der Waals surface area (Å²) in [4.78, 5) is 11.5. The monoisotopic (exact) mass is 221 g/mol. The Bertz CT molecular complexity index is 172. The standard InChI is InChI=1S/C10H20ClNO2/c1-4-14-7-5-6-12-9(13)10(2,3)8-11/h4-8H2,1-3H3,(H,12,13). The fourth-order valence-electron chi connectivity index (χ4n) is 0.820. The van der Waals surface area contributed by atoms with E-state index in [1.807, 2.05) is 20.8 Å². The molecule has 0 aromatic heterocycles. The molecule has 0 saturated carbocycles. The normalized spacial score (nSPS) is 11.4. The van der Waals surface area contributed by atoms with Crippen molar-refractivity contribution in [2.45, 2.75) is 27.2 Å². The van der Waals surface area contributed by atoms with Crippen molar-refractivity contribution in [2.75, 3.05) is 25.6 Å². The summed E-state index contributed by atoms with van der Waals surface area (Å²) in [7, 11) is 0. The molecule has 4 heteroatoms. The lowest BCUT2D eigenvalue weighted by Crippen LogP contribution is -2.38. The Morgan fingerprint density at radius 3 is 2.64 bits per heavy atom. The minimum absolute atomic E-state index is 0.00370. The van der Waals surface area contributed by atoms with Crippen molar-refractivity contribution in [3.63, 3.8) is 0 Å². The average molecular weight is 222 g/mol. The van der Waals surface area contributed by atoms with Crippen LogP contribution in [0.15, 0.2) is 0 Å². The highest BCUT2D eigenvalue weighted by molar-refractivity contribution is 6.19. The van der Waals surface area contributed by atoms with Gasteiger partial charge < -0.3 is 10.1 Å². The number of hydrogen-bond acceptors (Lipinski definition) is 2. The first-order valence-electron chi connectivity index (χ1n) is 4.96. The molecule has 0 bridgehead atoms. The summed E-state index contributed by atoms with van der Waals surface area (Å²) in [5, 5.41) is 2.83. The maximum atomic E-state index is 11.5. The van der Waals surface area contributed by atoms with E-state index in [9.17, 15) is 4.79 Å². The molecule has 0 spiro atoms. The van der Waals surface area contributed by atoms with Gasteiger partial charge in [-0.15, -0.1) is 11.6 Å². The average Bonchev–Trinajstić information content (AvgIpc) is 2.17. The molecule has 0 fully saturated rings. The number of carbonyl (C=O) groups excluding carboxylic acids is 1. The Hall–Kier alpha value is -0.280. The minimum atomic E-state index is -0.479. The quantitative estimate of drug-likeness (QED) is 0.526. The fraction of sp³-hybridized carbons (Fsp3) is 0.900. The summed E-state index contributed by atoms with van der Waals surface area (Å²) in [5.41, 5.74) is -0.479. The van der Waals surface area contributed by atoms with Gasteiger partial charge in [-0.1, -0.05) is 0 Å². The molecule has 3 nitrogen and oxygen atoms in total. The SMILES string of the molecule is CCOCCCNC(=O)C(C)(C)CCl. The van der Waals surface area contributed by atoms with Gasteiger partial charge in [0.1, 0.15) is 0 Å². The molecular formula is C10H20ClNO2. The van der Waals surface area contributed by atoms with Crippen LogP contribution in [0.5, 0.6) is 0 Å². The molecule has 1 amide bonds. The summed E-state index contributed by atoms with van der Waals surface area (Å²) in [6, 6.07) is 0. The number of ether oxygens (including phenoxy) is 1. The maximum Gasteiger partial charge on any atom is 0.226 e. The van der Waals surface area contributed by atoms with E-state index in [1.54, 1.807) is 0 Å². The second-order valence-electron chi connectivity index (χ2n) is 3.82. The molecule has 0 unspecified atom stereocenters. The van der Waals surface area contributed by atoms with Crippen LogP contribution in [0.2, 0.25) is 0 Å². The van der Waals surface area contributed by atoms with Crippen LogP contribution in [0.3, 0.4) is 0 Å². The highest BCUT2D eigenvalue weighted by Gasteiger charge is 2.25. The zero-order chi connectivity index (χ0) is 11.0. The van der Waals surface area contributed by atoms with Crippen LogP contribution in [0.25, 0.3) is 0 Å². The van der Waals surface area contributed by atoms with Gasteiger partial charge in [-0.3, -0.25) is 4.79 Å². The van der Waals surface area contributed by atoms with Crippen molar-refractivity contribution in [3.05, 3.63) is 0 Å². The van der Waals surface area contributed by atoms with Gasteiger partial charge in [-0.25, -0.2) is 0 Å². The van der Waals surface area contributed by atoms with Crippen LogP contribution in [0, 0.1) is 5.41 Å². The number of alkyl halides is 1. The molecule has 0 aliphatic rings. The zero-order valence-electron chi connectivity index (χ0n) is 9.23. The van der Waals surface area contributed by atoms with E-state index < -0.39 is 5.41 Å². The Morgan fingerprint density at radius 1 is 1.50 bits per heavy atom. The second kappa shape index (κ2) is 7.07. The molecule has 1 N–H and O–H groups in total. The van der Waals surface area contributed by atoms with Crippen LogP contribution in [-0.4, -0.2) is 31.5 Å². The van der Waals surface area contributed by atoms with Gasteiger partial charge in [0, 0.05) is 25.6 Å². The molecule has 14 heavy (non-hydrogen) atoms. The number of carbonyl (C=O) groups is 1. The van der Waals surface area contributed by atoms with E-state index in [0.29, 0.717) is 19.0 Å². The lowest BCUT2D eigenvalue weighted by Gasteiger charge is -2.20. The van der Waals surface area contributed by atoms with Gasteiger partial charge in [-0.2, -0.15) is 0 Å². The van der Waals surface area contributed by atoms with E-state index in [2.05, 4.69) is 5.32 Å². The molecule has 0 aromatic rings. The predicted molar refractivity (Wildman–Crippen MR) is 58.6 cm³/mol. The lowest BCUT2D eigenvalue weighted by molar-refractivity contribution is -0.128. The van der Waals surface area contributed by atoms with E-state index in [-0.39, 0.29) is 5.91 Å². The summed E-state index contributed by atoms with van der Waals surface area (Å²) in [5.74, 6) is 0.341. The van der Waals surface area contributed by atoms with Crippen LogP contribution >= 0.6 is 11.6 Å². The lowest BCUT2D eigenvalue weighted by atomic mass is 9.95. The van der Waals surface area contributed by atoms with Gasteiger partial charge in [0.25, 0.3) is 0 Å². The van der Waals surface area contributed by atoms with Crippen LogP contribution < -0.4 is 5.32 Å². The van der Waals surface area contributed by atoms with Crippen molar-refractivity contribution >= 4 is 17.5 Å². The third kappa shape index (κ3) is 5.45. The molecule has 84 valence electrons. The highest BCUT2D eigenvalue weighted by atomic mass is 35.5. The van der Waals surface area contributed by atoms with Crippen molar-refractivity contribution in [3.8, 4) is 0 Å². The van der Waals surface area contributed by atoms with Crippen molar-refractivity contribution < 1.29 is 9.53 Å². The zero-order valence-corrected chi connectivity index (χ0v) is 9.99. The van der Waals surface area contributed by atoms with Gasteiger partial charge >= 0.3 is 0 Å². The molecule has 0 aliphatic carbocycles. The highest BCUT2D eigenvalue weighted by Crippen LogP contribution is 2.16. The third-order valence-electron chi connectivity index (χ3n) is 1.90. The van der Waals surface area contributed by atoms with Crippen LogP contribution in [0.1, 0.15) is 27.2 Å². The largest absolute Gasteiger partial charge is 0.382 e. The first-order valence-corrected chi connectivity index (χ1v) is 5.50. The maximum absolute atomic E-state index is 11.5. The third-order valence-corrected chi connectivity index (χ3v) is 2.57. The van der Waals surface area contributed by atoms with Crippen molar-refractivity contribution in [2.24, 2.45) is 5.41 Å². The molecule has 0 aliphatic heterocycles. The van der Waals surface area contributed by atoms with E-state index in [0.717, 1.165) is 13.0 Å². The first-order chi connectivity index (χ1) is 6.54. The molecule has 0 aromatic carbocycles. The van der Waals surface area contributed by atoms with E-state index in [4.69, 9.17) is 16.3 Å². The summed E-state index contributed by atoms with van der Waals surface area (Å²) >= 11 is 5.67. The molecular weight excluding hydrogens is 202 g/mol.